The summed E-state index contributed by atoms with van der Waals surface area (Å²) >= 11 is 0. The first kappa shape index (κ1) is 14.7. The molecule has 0 aromatic heterocycles. The Labute approximate surface area is 123 Å². The van der Waals surface area contributed by atoms with Crippen LogP contribution >= 0.6 is 0 Å². The van der Waals surface area contributed by atoms with E-state index in [1.165, 1.54) is 0 Å². The van der Waals surface area contributed by atoms with E-state index < -0.39 is 6.09 Å². The molecule has 2 aromatic carbocycles. The summed E-state index contributed by atoms with van der Waals surface area (Å²) in [6.07, 6.45) is -0.459. The number of nitrogens with one attached hydrogen (secondary N) is 1. The molecule has 2 aromatic rings. The summed E-state index contributed by atoms with van der Waals surface area (Å²) in [5, 5.41) is 2.62. The molecule has 5 nitrogen and oxygen atoms in total. The number of hydrogen-bond acceptors (Lipinski definition) is 4. The number of rotatable bonds is 6. The van der Waals surface area contributed by atoms with Crippen LogP contribution < -0.4 is 15.8 Å². The molecule has 0 bridgehead atoms. The van der Waals surface area contributed by atoms with Crippen LogP contribution in [-0.2, 0) is 11.3 Å². The summed E-state index contributed by atoms with van der Waals surface area (Å²) in [5.74, 6) is 0.712. The van der Waals surface area contributed by atoms with Crippen LogP contribution in [0, 0.1) is 0 Å². The van der Waals surface area contributed by atoms with Crippen molar-refractivity contribution >= 4 is 11.8 Å². The van der Waals surface area contributed by atoms with Gasteiger partial charge in [-0.25, -0.2) is 4.79 Å². The van der Waals surface area contributed by atoms with Crippen molar-refractivity contribution in [2.75, 3.05) is 18.9 Å². The van der Waals surface area contributed by atoms with Crippen LogP contribution in [0.15, 0.2) is 54.6 Å². The molecule has 110 valence electrons. The van der Waals surface area contributed by atoms with Gasteiger partial charge in [0.1, 0.15) is 19.0 Å². The van der Waals surface area contributed by atoms with E-state index in [0.29, 0.717) is 24.6 Å². The Morgan fingerprint density at radius 2 is 1.76 bits per heavy atom. The molecule has 3 N–H and O–H groups in total. The predicted molar refractivity (Wildman–Crippen MR) is 81.0 cm³/mol. The van der Waals surface area contributed by atoms with Crippen molar-refractivity contribution in [2.45, 2.75) is 6.61 Å². The van der Waals surface area contributed by atoms with Gasteiger partial charge in [-0.15, -0.1) is 0 Å². The molecule has 0 saturated heterocycles. The monoisotopic (exact) mass is 286 g/mol. The minimum absolute atomic E-state index is 0.255. The summed E-state index contributed by atoms with van der Waals surface area (Å²) in [4.78, 5) is 11.5. The predicted octanol–water partition coefficient (Wildman–Crippen LogP) is 2.57. The van der Waals surface area contributed by atoms with Crippen molar-refractivity contribution in [1.82, 2.24) is 5.32 Å². The molecule has 1 amide bonds. The van der Waals surface area contributed by atoms with Gasteiger partial charge in [-0.3, -0.25) is 0 Å². The zero-order valence-electron chi connectivity index (χ0n) is 11.6. The third-order valence-electron chi connectivity index (χ3n) is 2.73. The van der Waals surface area contributed by atoms with Crippen molar-refractivity contribution in [3.63, 3.8) is 0 Å². The molecule has 5 heteroatoms. The molecule has 0 radical (unpaired) electrons. The second-order valence-electron chi connectivity index (χ2n) is 4.41. The standard InChI is InChI=1S/C16H18N2O3/c17-14-6-8-15(9-7-14)20-11-10-18-16(19)21-12-13-4-2-1-3-5-13/h1-9H,10-12,17H2,(H,18,19). The van der Waals surface area contributed by atoms with Crippen molar-refractivity contribution in [3.8, 4) is 5.75 Å². The molecular formula is C16H18N2O3. The Kier molecular flexibility index (Phi) is 5.46. The fraction of sp³-hybridized carbons (Fsp3) is 0.188. The van der Waals surface area contributed by atoms with Crippen LogP contribution in [0.3, 0.4) is 0 Å². The third-order valence-corrected chi connectivity index (χ3v) is 2.73. The largest absolute Gasteiger partial charge is 0.492 e. The van der Waals surface area contributed by atoms with E-state index in [4.69, 9.17) is 15.2 Å². The van der Waals surface area contributed by atoms with Crippen LogP contribution in [0.1, 0.15) is 5.56 Å². The van der Waals surface area contributed by atoms with E-state index >= 15 is 0 Å². The minimum Gasteiger partial charge on any atom is -0.492 e. The highest BCUT2D eigenvalue weighted by atomic mass is 16.5. The average Bonchev–Trinajstić information content (AvgIpc) is 2.52. The van der Waals surface area contributed by atoms with Crippen LogP contribution in [0.25, 0.3) is 0 Å². The molecule has 0 spiro atoms. The highest BCUT2D eigenvalue weighted by molar-refractivity contribution is 5.67. The Bertz CT molecular complexity index is 555. The SMILES string of the molecule is Nc1ccc(OCCNC(=O)OCc2ccccc2)cc1. The van der Waals surface area contributed by atoms with Gasteiger partial charge >= 0.3 is 6.09 Å². The Morgan fingerprint density at radius 3 is 2.48 bits per heavy atom. The van der Waals surface area contributed by atoms with Crippen LogP contribution in [0.5, 0.6) is 5.75 Å². The van der Waals surface area contributed by atoms with Gasteiger partial charge in [0.05, 0.1) is 6.54 Å². The third kappa shape index (κ3) is 5.44. The molecule has 21 heavy (non-hydrogen) atoms. The highest BCUT2D eigenvalue weighted by Crippen LogP contribution is 2.12. The summed E-state index contributed by atoms with van der Waals surface area (Å²) in [7, 11) is 0. The Hall–Kier alpha value is -2.69. The molecule has 0 saturated carbocycles. The first-order valence-electron chi connectivity index (χ1n) is 6.67. The Balaban J connectivity index is 1.60. The summed E-state index contributed by atoms with van der Waals surface area (Å²) in [6.45, 7) is 0.994. The van der Waals surface area contributed by atoms with Crippen molar-refractivity contribution in [1.29, 1.82) is 0 Å². The van der Waals surface area contributed by atoms with E-state index in [9.17, 15) is 4.79 Å². The lowest BCUT2D eigenvalue weighted by atomic mass is 10.2. The van der Waals surface area contributed by atoms with Crippen molar-refractivity contribution in [3.05, 3.63) is 60.2 Å². The normalized spacial score (nSPS) is 9.90. The number of carbonyl (C=O) groups excluding carboxylic acids is 1. The zero-order chi connectivity index (χ0) is 14.9. The van der Waals surface area contributed by atoms with E-state index in [0.717, 1.165) is 5.56 Å². The molecular weight excluding hydrogens is 268 g/mol. The first-order valence-corrected chi connectivity index (χ1v) is 6.67. The van der Waals surface area contributed by atoms with Crippen LogP contribution in [-0.4, -0.2) is 19.2 Å². The molecule has 0 heterocycles. The summed E-state index contributed by atoms with van der Waals surface area (Å²) in [6, 6.07) is 16.6. The van der Waals surface area contributed by atoms with Gasteiger partial charge in [0.25, 0.3) is 0 Å². The number of alkyl carbamates (subject to hydrolysis) is 1. The van der Waals surface area contributed by atoms with Gasteiger partial charge in [-0.05, 0) is 29.8 Å². The number of benzene rings is 2. The summed E-state index contributed by atoms with van der Waals surface area (Å²) in [5.41, 5.74) is 7.21. The van der Waals surface area contributed by atoms with Crippen LogP contribution in [0.4, 0.5) is 10.5 Å². The lowest BCUT2D eigenvalue weighted by Gasteiger charge is -2.08. The fourth-order valence-electron chi connectivity index (χ4n) is 1.66. The number of amides is 1. The smallest absolute Gasteiger partial charge is 0.407 e. The molecule has 2 rings (SSSR count). The molecule has 0 fully saturated rings. The van der Waals surface area contributed by atoms with Gasteiger partial charge in [-0.2, -0.15) is 0 Å². The molecule has 0 aliphatic carbocycles. The molecule has 0 atom stereocenters. The zero-order valence-corrected chi connectivity index (χ0v) is 11.6. The van der Waals surface area contributed by atoms with Crippen LogP contribution in [0.2, 0.25) is 0 Å². The molecule has 0 aliphatic rings. The van der Waals surface area contributed by atoms with E-state index in [1.807, 2.05) is 30.3 Å². The number of ether oxygens (including phenoxy) is 2. The second kappa shape index (κ2) is 7.79. The second-order valence-corrected chi connectivity index (χ2v) is 4.41. The summed E-state index contributed by atoms with van der Waals surface area (Å²) < 4.78 is 10.5. The van der Waals surface area contributed by atoms with Crippen molar-refractivity contribution in [2.24, 2.45) is 0 Å². The van der Waals surface area contributed by atoms with E-state index in [-0.39, 0.29) is 6.61 Å². The first-order chi connectivity index (χ1) is 10.2. The lowest BCUT2D eigenvalue weighted by molar-refractivity contribution is 0.137. The van der Waals surface area contributed by atoms with Gasteiger partial charge in [0.2, 0.25) is 0 Å². The maximum absolute atomic E-state index is 11.5. The van der Waals surface area contributed by atoms with E-state index in [1.54, 1.807) is 24.3 Å². The Morgan fingerprint density at radius 1 is 1.05 bits per heavy atom. The number of anilines is 1. The highest BCUT2D eigenvalue weighted by Gasteiger charge is 2.02. The van der Waals surface area contributed by atoms with Gasteiger partial charge < -0.3 is 20.5 Å². The van der Waals surface area contributed by atoms with Gasteiger partial charge in [0.15, 0.2) is 0 Å². The maximum atomic E-state index is 11.5. The van der Waals surface area contributed by atoms with E-state index in [2.05, 4.69) is 5.32 Å². The number of carbonyl (C=O) groups is 1. The maximum Gasteiger partial charge on any atom is 0.407 e. The van der Waals surface area contributed by atoms with Gasteiger partial charge in [0, 0.05) is 5.69 Å². The fourth-order valence-corrected chi connectivity index (χ4v) is 1.66. The van der Waals surface area contributed by atoms with Gasteiger partial charge in [-0.1, -0.05) is 30.3 Å². The number of nitrogen functional groups attached to an aromatic ring is 1. The number of nitrogens with two attached hydrogens (primary N) is 1. The molecule has 0 unspecified atom stereocenters. The quantitative estimate of drug-likeness (QED) is 0.632. The molecule has 0 aliphatic heterocycles. The lowest BCUT2D eigenvalue weighted by Crippen LogP contribution is -2.28. The van der Waals surface area contributed by atoms with Crippen molar-refractivity contribution < 1.29 is 14.3 Å². The average molecular weight is 286 g/mol. The topological polar surface area (TPSA) is 73.6 Å². The minimum atomic E-state index is -0.459. The number of hydrogen-bond donors (Lipinski definition) is 2.